The molecule has 2 aliphatic rings. The van der Waals surface area contributed by atoms with Gasteiger partial charge in [0.2, 0.25) is 17.7 Å². The van der Waals surface area contributed by atoms with E-state index < -0.39 is 0 Å². The molecule has 0 spiro atoms. The van der Waals surface area contributed by atoms with Gasteiger partial charge in [-0.1, -0.05) is 24.6 Å². The number of rotatable bonds is 7. The Morgan fingerprint density at radius 2 is 1.83 bits per heavy atom. The number of hydrogen-bond acceptors (Lipinski definition) is 7. The fraction of sp³-hybridized carbons (Fsp3) is 0.385. The van der Waals surface area contributed by atoms with Crippen LogP contribution in [0.25, 0.3) is 10.2 Å². The zero-order valence-electron chi connectivity index (χ0n) is 19.7. The highest BCUT2D eigenvalue weighted by Crippen LogP contribution is 2.41. The molecule has 35 heavy (non-hydrogen) atoms. The predicted octanol–water partition coefficient (Wildman–Crippen LogP) is 5.49. The van der Waals surface area contributed by atoms with E-state index in [9.17, 15) is 14.4 Å². The Bertz CT molecular complexity index is 1250. The third kappa shape index (κ3) is 4.79. The van der Waals surface area contributed by atoms with Crippen molar-refractivity contribution in [2.45, 2.75) is 49.1 Å². The average molecular weight is 510 g/mol. The second-order valence-electron chi connectivity index (χ2n) is 8.85. The van der Waals surface area contributed by atoms with Gasteiger partial charge in [-0.3, -0.25) is 19.3 Å². The molecule has 0 bridgehead atoms. The SMILES string of the molecule is CCOc1ccc(NC(=O)[C@@H](C)Sc2nc3ccc(N4C(=O)[C@H]5CCCC[C@H]5C4=O)cc3s2)cc1. The lowest BCUT2D eigenvalue weighted by atomic mass is 9.81. The normalized spacial score (nSPS) is 20.7. The molecule has 1 aromatic heterocycles. The predicted molar refractivity (Wildman–Crippen MR) is 139 cm³/mol. The average Bonchev–Trinajstić information content (AvgIpc) is 3.37. The quantitative estimate of drug-likeness (QED) is 0.335. The lowest BCUT2D eigenvalue weighted by Gasteiger charge is -2.19. The van der Waals surface area contributed by atoms with Gasteiger partial charge in [0, 0.05) is 5.69 Å². The maximum atomic E-state index is 13.0. The number of nitrogens with one attached hydrogen (secondary N) is 1. The Kier molecular flexibility index (Phi) is 6.80. The first-order chi connectivity index (χ1) is 16.9. The molecule has 1 aliphatic carbocycles. The van der Waals surface area contributed by atoms with Gasteiger partial charge in [-0.2, -0.15) is 0 Å². The van der Waals surface area contributed by atoms with E-state index in [1.54, 1.807) is 6.07 Å². The number of amides is 3. The number of carbonyl (C=O) groups is 3. The first-order valence-electron chi connectivity index (χ1n) is 11.9. The molecule has 1 N–H and O–H groups in total. The van der Waals surface area contributed by atoms with Gasteiger partial charge in [-0.25, -0.2) is 4.98 Å². The Morgan fingerprint density at radius 3 is 2.49 bits per heavy atom. The van der Waals surface area contributed by atoms with Crippen LogP contribution in [0.2, 0.25) is 0 Å². The fourth-order valence-electron chi connectivity index (χ4n) is 4.75. The number of thioether (sulfide) groups is 1. The minimum atomic E-state index is -0.355. The van der Waals surface area contributed by atoms with Crippen molar-refractivity contribution in [2.75, 3.05) is 16.8 Å². The van der Waals surface area contributed by atoms with E-state index >= 15 is 0 Å². The molecule has 2 fully saturated rings. The number of nitrogens with zero attached hydrogens (tertiary/aromatic N) is 2. The summed E-state index contributed by atoms with van der Waals surface area (Å²) in [6.45, 7) is 4.36. The van der Waals surface area contributed by atoms with Crippen molar-refractivity contribution >= 4 is 62.4 Å². The first kappa shape index (κ1) is 23.8. The number of fused-ring (bicyclic) bond motifs is 2. The smallest absolute Gasteiger partial charge is 0.237 e. The molecule has 1 aliphatic heterocycles. The number of ether oxygens (including phenoxy) is 1. The van der Waals surface area contributed by atoms with Crippen molar-refractivity contribution in [1.29, 1.82) is 0 Å². The van der Waals surface area contributed by atoms with Gasteiger partial charge >= 0.3 is 0 Å². The van der Waals surface area contributed by atoms with Crippen LogP contribution in [-0.4, -0.2) is 34.6 Å². The number of imide groups is 1. The summed E-state index contributed by atoms with van der Waals surface area (Å²) in [5.41, 5.74) is 2.11. The van der Waals surface area contributed by atoms with E-state index in [2.05, 4.69) is 10.3 Å². The van der Waals surface area contributed by atoms with Crippen molar-refractivity contribution in [3.05, 3.63) is 42.5 Å². The lowest BCUT2D eigenvalue weighted by molar-refractivity contribution is -0.122. The molecule has 1 saturated carbocycles. The molecule has 182 valence electrons. The summed E-state index contributed by atoms with van der Waals surface area (Å²) in [5.74, 6) is 0.159. The summed E-state index contributed by atoms with van der Waals surface area (Å²) in [6, 6.07) is 12.8. The zero-order chi connectivity index (χ0) is 24.5. The van der Waals surface area contributed by atoms with Crippen LogP contribution >= 0.6 is 23.1 Å². The maximum Gasteiger partial charge on any atom is 0.237 e. The molecular weight excluding hydrogens is 482 g/mol. The standard InChI is InChI=1S/C26H27N3O4S2/c1-3-33-18-11-8-16(9-12-18)27-23(30)15(2)34-26-28-21-13-10-17(14-22(21)35-26)29-24(31)19-6-4-5-7-20(19)25(29)32/h8-15,19-20H,3-7H2,1-2H3,(H,27,30)/t15-,19-,20+/m1/s1. The summed E-state index contributed by atoms with van der Waals surface area (Å²) in [7, 11) is 0. The molecule has 0 unspecified atom stereocenters. The minimum Gasteiger partial charge on any atom is -0.494 e. The number of benzene rings is 2. The zero-order valence-corrected chi connectivity index (χ0v) is 21.3. The minimum absolute atomic E-state index is 0.0715. The molecule has 3 amide bonds. The van der Waals surface area contributed by atoms with Gasteiger partial charge < -0.3 is 10.1 Å². The number of anilines is 2. The molecule has 0 radical (unpaired) electrons. The fourth-order valence-corrected chi connectivity index (χ4v) is 6.99. The van der Waals surface area contributed by atoms with Crippen LogP contribution < -0.4 is 15.0 Å². The second kappa shape index (κ2) is 9.99. The molecule has 2 aromatic carbocycles. The van der Waals surface area contributed by atoms with E-state index in [4.69, 9.17) is 4.74 Å². The Labute approximate surface area is 212 Å². The topological polar surface area (TPSA) is 88.6 Å². The summed E-state index contributed by atoms with van der Waals surface area (Å²) in [6.07, 6.45) is 3.61. The number of carbonyl (C=O) groups excluding carboxylic acids is 3. The highest BCUT2D eigenvalue weighted by atomic mass is 32.2. The summed E-state index contributed by atoms with van der Waals surface area (Å²) in [4.78, 5) is 44.6. The van der Waals surface area contributed by atoms with Crippen LogP contribution in [0.15, 0.2) is 46.8 Å². The highest BCUT2D eigenvalue weighted by Gasteiger charge is 2.48. The van der Waals surface area contributed by atoms with Crippen LogP contribution in [0.5, 0.6) is 5.75 Å². The van der Waals surface area contributed by atoms with Gasteiger partial charge in [0.1, 0.15) is 5.75 Å². The summed E-state index contributed by atoms with van der Waals surface area (Å²) in [5, 5.41) is 2.57. The van der Waals surface area contributed by atoms with Crippen molar-refractivity contribution in [2.24, 2.45) is 11.8 Å². The van der Waals surface area contributed by atoms with Crippen molar-refractivity contribution in [1.82, 2.24) is 4.98 Å². The van der Waals surface area contributed by atoms with E-state index in [0.29, 0.717) is 18.0 Å². The third-order valence-corrected chi connectivity index (χ3v) is 8.74. The number of thiazole rings is 1. The van der Waals surface area contributed by atoms with Crippen molar-refractivity contribution in [3.8, 4) is 5.75 Å². The maximum absolute atomic E-state index is 13.0. The van der Waals surface area contributed by atoms with Crippen LogP contribution in [0.4, 0.5) is 11.4 Å². The molecular formula is C26H27N3O4S2. The van der Waals surface area contributed by atoms with Crippen molar-refractivity contribution < 1.29 is 19.1 Å². The third-order valence-electron chi connectivity index (χ3n) is 6.53. The van der Waals surface area contributed by atoms with E-state index in [-0.39, 0.29) is 34.8 Å². The largest absolute Gasteiger partial charge is 0.494 e. The summed E-state index contributed by atoms with van der Waals surface area (Å²) < 4.78 is 7.09. The number of aromatic nitrogens is 1. The van der Waals surface area contributed by atoms with Gasteiger partial charge in [-0.15, -0.1) is 11.3 Å². The van der Waals surface area contributed by atoms with Crippen LogP contribution in [0.3, 0.4) is 0 Å². The first-order valence-corrected chi connectivity index (χ1v) is 13.6. The Balaban J connectivity index is 1.27. The highest BCUT2D eigenvalue weighted by molar-refractivity contribution is 8.02. The molecule has 7 nitrogen and oxygen atoms in total. The summed E-state index contributed by atoms with van der Waals surface area (Å²) >= 11 is 2.85. The Morgan fingerprint density at radius 1 is 1.14 bits per heavy atom. The molecule has 3 atom stereocenters. The van der Waals surface area contributed by atoms with Crippen LogP contribution in [0, 0.1) is 11.8 Å². The van der Waals surface area contributed by atoms with E-state index in [1.807, 2.05) is 50.2 Å². The molecule has 9 heteroatoms. The second-order valence-corrected chi connectivity index (χ2v) is 11.5. The van der Waals surface area contributed by atoms with Gasteiger partial charge in [0.05, 0.1) is 39.6 Å². The monoisotopic (exact) mass is 509 g/mol. The van der Waals surface area contributed by atoms with Gasteiger partial charge in [0.15, 0.2) is 4.34 Å². The van der Waals surface area contributed by atoms with Gasteiger partial charge in [0.25, 0.3) is 0 Å². The van der Waals surface area contributed by atoms with Crippen LogP contribution in [0.1, 0.15) is 39.5 Å². The molecule has 1 saturated heterocycles. The van der Waals surface area contributed by atoms with E-state index in [1.165, 1.54) is 28.0 Å². The molecule has 2 heterocycles. The van der Waals surface area contributed by atoms with Crippen molar-refractivity contribution in [3.63, 3.8) is 0 Å². The van der Waals surface area contributed by atoms with Crippen LogP contribution in [-0.2, 0) is 14.4 Å². The van der Waals surface area contributed by atoms with Gasteiger partial charge in [-0.05, 0) is 69.2 Å². The Hall–Kier alpha value is -2.91. The molecule has 3 aromatic rings. The molecule has 5 rings (SSSR count). The lowest BCUT2D eigenvalue weighted by Crippen LogP contribution is -2.30. The van der Waals surface area contributed by atoms with E-state index in [0.717, 1.165) is 46.0 Å². The number of hydrogen-bond donors (Lipinski definition) is 1.